The molecule has 7 atom stereocenters. The largest absolute Gasteiger partial charge is 0.497 e. The van der Waals surface area contributed by atoms with E-state index in [1.54, 1.807) is 0 Å². The first kappa shape index (κ1) is 33.0. The van der Waals surface area contributed by atoms with E-state index in [0.717, 1.165) is 170 Å². The van der Waals surface area contributed by atoms with Crippen molar-refractivity contribution >= 4 is 0 Å². The lowest BCUT2D eigenvalue weighted by Crippen LogP contribution is -2.42. The molecule has 0 aliphatic heterocycles. The van der Waals surface area contributed by atoms with Gasteiger partial charge in [0.25, 0.3) is 0 Å². The summed E-state index contributed by atoms with van der Waals surface area (Å²) >= 11 is 0. The summed E-state index contributed by atoms with van der Waals surface area (Å²) < 4.78 is 1020. The van der Waals surface area contributed by atoms with Gasteiger partial charge < -0.3 is 103 Å². The normalized spacial score (nSPS) is 47.9. The first-order chi connectivity index (χ1) is 114. The highest BCUT2D eigenvalue weighted by Crippen LogP contribution is 2.49. The molecule has 7 aliphatic carbocycles. The second kappa shape index (κ2) is 58.7. The fourth-order valence-corrected chi connectivity index (χ4v) is 12.8. The van der Waals surface area contributed by atoms with Gasteiger partial charge in [-0.1, -0.05) is 219 Å². The van der Waals surface area contributed by atoms with Crippen molar-refractivity contribution in [3.8, 4) is 40.2 Å². The van der Waals surface area contributed by atoms with Crippen LogP contribution in [0, 0.1) is 0 Å². The number of methoxy groups -OCH3 is 7. The number of hydrogen-bond acceptors (Lipinski definition) is 21. The summed E-state index contributed by atoms with van der Waals surface area (Å²) in [7, 11) is -13.6. The molecule has 0 heterocycles. The molecule has 7 aromatic rings. The molecule has 7 N–H and O–H groups in total. The van der Waals surface area contributed by atoms with Crippen LogP contribution in [0.4, 0.5) is 0 Å². The molecule has 7 fully saturated rings. The Bertz CT molecular complexity index is 10100. The van der Waals surface area contributed by atoms with Crippen molar-refractivity contribution in [2.75, 3.05) is 193 Å². The number of hydrogen-bond donors (Lipinski definition) is 7. The minimum atomic E-state index is -4.40. The Labute approximate surface area is 1020 Å². The quantitative estimate of drug-likeness (QED) is 0.0196. The molecule has 0 bridgehead atoms. The van der Waals surface area contributed by atoms with E-state index in [-0.39, 0.29) is 54.6 Å². The third kappa shape index (κ3) is 36.7. The molecule has 7 unspecified atom stereocenters. The van der Waals surface area contributed by atoms with Crippen molar-refractivity contribution in [2.24, 2.45) is 0 Å². The third-order valence-electron chi connectivity index (χ3n) is 19.3. The van der Waals surface area contributed by atoms with Gasteiger partial charge in [0.05, 0.1) is 117 Å². The molecule has 7 aromatic carbocycles. The van der Waals surface area contributed by atoms with Crippen LogP contribution in [0.2, 0.25) is 0 Å². The maximum atomic E-state index is 12.0. The monoisotopic (exact) mass is 2070 g/mol. The lowest BCUT2D eigenvalue weighted by molar-refractivity contribution is -0.0280. The molecule has 0 spiro atoms. The summed E-state index contributed by atoms with van der Waals surface area (Å²) in [5.41, 5.74) is -32.4. The van der Waals surface area contributed by atoms with E-state index >= 15 is 0 Å². The van der Waals surface area contributed by atoms with Crippen LogP contribution in [0.3, 0.4) is 0 Å². The van der Waals surface area contributed by atoms with Crippen LogP contribution in [-0.4, -0.2) is 302 Å². The summed E-state index contributed by atoms with van der Waals surface area (Å²) in [5, 5.41) is 83.1. The van der Waals surface area contributed by atoms with Crippen LogP contribution in [-0.2, 0) is 0 Å². The SMILES string of the molecule is [2H]C([2H])([2H])Oc1ccc(C(C([2H])([2H])N(C([2H])([2H])[2H])C([2H])([2H])[2H])C2(O)C([2H])([2H])C([2H])([2H])C([2H])([2H])C([2H])([2H])C2([2H])[2H])cc1.[2H]C([2H])([2H])Oc1ccc(C(C([2H])([2H])N(C)C([2H])([2H])[2H])C2(O)C([2H])([2H])C([2H])([2H])C([2H])([2H])C([2H])([2H])C2([2H])[2H])cc1.[2H]C([2H])([2H])Oc1ccc(C(C([2H])([2H])N(C)C)C2(O)C([2H])([2H])C([2H])([2H])C([2H])([2H])C([2H])([2H])C2([2H])[2H])cc1.[2H]C([2H])([2H])Oc1ccc(C(CN(C([2H])([2H])[2H])C([2H])([2H])[2H])C2(O)C([2H])([2H])C([2H])([2H])C([2H])([2H])C([2H])([2H])C2([2H])[2H])cc1.[2H]C([2H])([2H])Oc1ccc(C([2H])(CN(C([2H])([2H])[2H])C([2H])([2H])[2H])C2(O)C([2H])([2H])C([2H])([2H])C([2H])([2H])C([2H])([2H])C2([2H])[2H])cc1.[2H]C([2H])([2H])Oc1ccc(C([2H])(CN(C)C([2H])([2H])[2H])C2(O)C([2H])([2H])C([2H])([2H])C([2H])([2H])C([2H])([2H])C2([2H])[2H])cc1.[2H]C([2H])([2H])Oc1ccc(C([2H])(CN(C)C)C2(O)C([2H])([2H])C([2H])([2H])C([2H])([2H])C([2H])([2H])C2([2H])[2H])cc1. The van der Waals surface area contributed by atoms with Gasteiger partial charge >= 0.3 is 0 Å². The van der Waals surface area contributed by atoms with Gasteiger partial charge in [0.2, 0.25) is 0 Å². The van der Waals surface area contributed by atoms with Crippen LogP contribution < -0.4 is 33.2 Å². The van der Waals surface area contributed by atoms with Crippen molar-refractivity contribution in [1.29, 1.82) is 0 Å². The number of nitrogens with zero attached hydrogens (tertiary/aromatic N) is 7. The summed E-state index contributed by atoms with van der Waals surface area (Å²) in [4.78, 5) is 1.33. The maximum absolute atomic E-state index is 12.0. The van der Waals surface area contributed by atoms with Crippen LogP contribution in [0.15, 0.2) is 170 Å². The molecule has 0 amide bonds. The third-order valence-corrected chi connectivity index (χ3v) is 19.3. The second-order valence-corrected chi connectivity index (χ2v) is 29.9. The van der Waals surface area contributed by atoms with Crippen molar-refractivity contribution < 1.29 is 239 Å². The zero-order chi connectivity index (χ0) is 211. The van der Waals surface area contributed by atoms with Gasteiger partial charge in [0, 0.05) is 228 Å². The second-order valence-electron chi connectivity index (χ2n) is 29.9. The first-order valence-electron chi connectivity index (χ1n) is 102. The van der Waals surface area contributed by atoms with E-state index in [1.165, 1.54) is 33.1 Å². The van der Waals surface area contributed by atoms with Gasteiger partial charge in [-0.15, -0.1) is 0 Å². The van der Waals surface area contributed by atoms with Gasteiger partial charge in [-0.3, -0.25) is 0 Å². The number of benzene rings is 7. The smallest absolute Gasteiger partial charge is 0.118 e. The minimum absolute atomic E-state index is 0.0377. The van der Waals surface area contributed by atoms with Gasteiger partial charge in [-0.2, -0.15) is 0 Å². The summed E-state index contributed by atoms with van der Waals surface area (Å²) in [6.07, 6.45) is -140. The van der Waals surface area contributed by atoms with Crippen LogP contribution in [0.5, 0.6) is 40.2 Å². The highest BCUT2D eigenvalue weighted by molar-refractivity contribution is 5.38. The van der Waals surface area contributed by atoms with Crippen molar-refractivity contribution in [1.82, 2.24) is 34.3 Å². The Hall–Kier alpha value is -7.42. The summed E-state index contributed by atoms with van der Waals surface area (Å²) in [6, 6.07) is 25.5. The standard InChI is InChI=1S/7C17H27NO2/c7*1-18(2)13-16(17(19)11-5-4-6-12-17)14-7-9-15(20-3)10-8-14/h7*7-10,16,19H,4-6,11-13H2,1-3H3/i1D3,2D3,3D3,4D2,5D2,6D2,11D2,12D2,16D;1D3,2D3,3D3,4D2,5D2,6D2,11D2,12D2,13D2;1D3,3D3,4D2,5D2,6D2,11D2,12D2,16D;1D3,3D3,4D2,5D2,6D2,11D2,12D2,13D2;1D3,2D3,3D3,4D2,5D2,6D2,11D2,12D2;3D3,4D2,5D2,6D2,11D2,12D2,16D;3D3,4D2,5D2,6D2,11D2,12D2,13D2. The van der Waals surface area contributed by atoms with Crippen molar-refractivity contribution in [3.05, 3.63) is 209 Å². The van der Waals surface area contributed by atoms with E-state index in [0.29, 0.717) is 24.1 Å². The molecule has 21 heteroatoms. The van der Waals surface area contributed by atoms with Crippen LogP contribution in [0.25, 0.3) is 0 Å². The van der Waals surface area contributed by atoms with Crippen molar-refractivity contribution in [3.63, 3.8) is 0 Å². The lowest BCUT2D eigenvalue weighted by Gasteiger charge is -2.40. The van der Waals surface area contributed by atoms with E-state index in [2.05, 4.69) is 9.47 Å². The zero-order valence-corrected chi connectivity index (χ0v) is 74.9. The number of ether oxygens (including phenoxy) is 7. The molecule has 21 nitrogen and oxygen atoms in total. The number of likely N-dealkylation sites (N-methyl/N-ethyl adjacent to an activating group) is 7. The minimum Gasteiger partial charge on any atom is -0.497 e. The number of aliphatic hydroxyl groups is 7. The maximum Gasteiger partial charge on any atom is 0.118 e. The Morgan fingerprint density at radius 2 is 0.400 bits per heavy atom. The fourth-order valence-electron chi connectivity index (χ4n) is 12.8. The van der Waals surface area contributed by atoms with Gasteiger partial charge in [-0.05, 0) is 311 Å². The highest BCUT2D eigenvalue weighted by Gasteiger charge is 2.46. The van der Waals surface area contributed by atoms with Crippen molar-refractivity contribution in [2.45, 2.75) is 304 Å². The molecular formula is C119H189N7O14. The Morgan fingerprint density at radius 3 is 0.614 bits per heavy atom. The molecule has 140 heavy (non-hydrogen) atoms. The Kier molecular flexibility index (Phi) is 13.8. The molecular weight excluding hydrogens is 1750 g/mol. The first-order valence-corrected chi connectivity index (χ1v) is 40.2. The van der Waals surface area contributed by atoms with Crippen LogP contribution >= 0.6 is 0 Å². The summed E-state index contributed by atoms with van der Waals surface area (Å²) in [5.74, 6) is -22.5. The average molecular weight is 2070 g/mol. The van der Waals surface area contributed by atoms with E-state index in [1.807, 2.05) is 0 Å². The molecule has 7 saturated carbocycles. The zero-order valence-electron chi connectivity index (χ0n) is 199. The Morgan fingerprint density at radius 1 is 0.221 bits per heavy atom. The molecule has 7 aliphatic rings. The van der Waals surface area contributed by atoms with Gasteiger partial charge in [0.1, 0.15) is 40.2 Å². The van der Waals surface area contributed by atoms with Crippen LogP contribution in [0.1, 0.15) is 473 Å². The number of rotatable bonds is 35. The highest BCUT2D eigenvalue weighted by atomic mass is 16.5. The molecule has 0 radical (unpaired) electrons. The summed E-state index contributed by atoms with van der Waals surface area (Å²) in [6.45, 7) is -43.8. The fraction of sp³-hybridized carbons (Fsp3) is 0.647. The Balaban J connectivity index is 0.000000361. The predicted octanol–water partition coefficient (Wildman–Crippen LogP) is 21.2. The van der Waals surface area contributed by atoms with Gasteiger partial charge in [-0.25, -0.2) is 0 Å². The topological polar surface area (TPSA) is 229 Å². The van der Waals surface area contributed by atoms with E-state index < -0.39 is 499 Å². The molecule has 0 saturated heterocycles. The predicted molar refractivity (Wildman–Crippen MR) is 576 cm³/mol. The van der Waals surface area contributed by atoms with E-state index in [4.69, 9.17) is 191 Å². The van der Waals surface area contributed by atoms with E-state index in [9.17, 15) is 38.5 Å². The molecule has 0 aromatic heterocycles. The lowest BCUT2D eigenvalue weighted by atomic mass is 9.72. The van der Waals surface area contributed by atoms with Gasteiger partial charge in [0.15, 0.2) is 0 Å². The average Bonchev–Trinajstić information content (AvgIpc) is 0.640. The molecule has 784 valence electrons. The molecule has 14 rings (SSSR count).